The fourth-order valence-corrected chi connectivity index (χ4v) is 4.34. The zero-order valence-corrected chi connectivity index (χ0v) is 29.9. The Morgan fingerprint density at radius 2 is 0.528 bits per heavy atom. The molecular formula is C12H8Na4O16S4. The largest absolute Gasteiger partial charge is 1.00 e. The van der Waals surface area contributed by atoms with Gasteiger partial charge in [0.05, 0.1) is 19.6 Å². The van der Waals surface area contributed by atoms with Gasteiger partial charge >= 0.3 is 118 Å². The van der Waals surface area contributed by atoms with Crippen molar-refractivity contribution in [2.45, 2.75) is 19.6 Å². The fourth-order valence-electron chi connectivity index (χ4n) is 1.88. The molecule has 0 aliphatic carbocycles. The number of hydrogen-bond donors (Lipinski definition) is 4. The fraction of sp³-hybridized carbons (Fsp3) is 0. The van der Waals surface area contributed by atoms with Crippen LogP contribution in [0.25, 0.3) is 0 Å². The predicted octanol–water partition coefficient (Wildman–Crippen LogP) is -14.2. The summed E-state index contributed by atoms with van der Waals surface area (Å²) in [6.07, 6.45) is 0. The van der Waals surface area contributed by atoms with Gasteiger partial charge in [0.2, 0.25) is 0 Å². The first kappa shape index (κ1) is 44.3. The Kier molecular flexibility index (Phi) is 19.6. The molecule has 0 aliphatic rings. The van der Waals surface area contributed by atoms with Gasteiger partial charge in [-0.1, -0.05) is 0 Å². The van der Waals surface area contributed by atoms with Gasteiger partial charge in [-0.3, -0.25) is 0 Å². The molecule has 16 nitrogen and oxygen atoms in total. The number of aromatic hydroxyl groups is 4. The van der Waals surface area contributed by atoms with Crippen LogP contribution in [0.4, 0.5) is 0 Å². The third kappa shape index (κ3) is 12.6. The van der Waals surface area contributed by atoms with Crippen molar-refractivity contribution in [1.29, 1.82) is 0 Å². The third-order valence-electron chi connectivity index (χ3n) is 3.16. The molecular weight excluding hydrogens is 620 g/mol. The Hall–Kier alpha value is 1.28. The molecule has 24 heteroatoms. The van der Waals surface area contributed by atoms with Gasteiger partial charge in [0.1, 0.15) is 63.5 Å². The van der Waals surface area contributed by atoms with Gasteiger partial charge in [-0.25, -0.2) is 33.7 Å². The molecule has 0 saturated carbocycles. The van der Waals surface area contributed by atoms with E-state index in [0.717, 1.165) is 0 Å². The zero-order valence-electron chi connectivity index (χ0n) is 18.6. The summed E-state index contributed by atoms with van der Waals surface area (Å²) in [4.78, 5) is -5.17. The van der Waals surface area contributed by atoms with E-state index >= 15 is 0 Å². The SMILES string of the molecule is O=S(=O)([O-])c1cc(S(=O)(=O)[O-])c(O)cc1O.O=S(=O)([O-])c1cc(S(=O)(=O)[O-])c(O)cc1O.[Na+].[Na+].[Na+].[Na+]. The first-order valence-corrected chi connectivity index (χ1v) is 12.7. The molecule has 4 N–H and O–H groups in total. The number of benzene rings is 2. The molecule has 0 saturated heterocycles. The Bertz CT molecular complexity index is 1280. The molecule has 0 heterocycles. The van der Waals surface area contributed by atoms with E-state index in [0.29, 0.717) is 0 Å². The first-order chi connectivity index (χ1) is 14.1. The van der Waals surface area contributed by atoms with Crippen LogP contribution in [0.5, 0.6) is 23.0 Å². The average molecular weight is 628 g/mol. The van der Waals surface area contributed by atoms with Crippen LogP contribution in [-0.2, 0) is 40.5 Å². The minimum Gasteiger partial charge on any atom is -0.744 e. The van der Waals surface area contributed by atoms with Crippen molar-refractivity contribution in [3.63, 3.8) is 0 Å². The molecule has 0 bridgehead atoms. The van der Waals surface area contributed by atoms with Gasteiger partial charge in [0.15, 0.2) is 0 Å². The molecule has 36 heavy (non-hydrogen) atoms. The second-order valence-corrected chi connectivity index (χ2v) is 10.8. The van der Waals surface area contributed by atoms with Crippen LogP contribution in [0.2, 0.25) is 0 Å². The van der Waals surface area contributed by atoms with Crippen LogP contribution >= 0.6 is 0 Å². The summed E-state index contributed by atoms with van der Waals surface area (Å²) in [5.41, 5.74) is 0. The van der Waals surface area contributed by atoms with Crippen molar-refractivity contribution in [2.24, 2.45) is 0 Å². The minimum atomic E-state index is -5.15. The monoisotopic (exact) mass is 628 g/mol. The van der Waals surface area contributed by atoms with Crippen molar-refractivity contribution >= 4 is 40.5 Å². The van der Waals surface area contributed by atoms with E-state index in [4.69, 9.17) is 20.4 Å². The summed E-state index contributed by atoms with van der Waals surface area (Å²) in [6.45, 7) is 0. The minimum absolute atomic E-state index is 0. The number of hydrogen-bond acceptors (Lipinski definition) is 16. The molecule has 2 rings (SSSR count). The second kappa shape index (κ2) is 15.9. The molecule has 2 aromatic carbocycles. The van der Waals surface area contributed by atoms with Crippen molar-refractivity contribution in [1.82, 2.24) is 0 Å². The van der Waals surface area contributed by atoms with Crippen molar-refractivity contribution in [2.75, 3.05) is 0 Å². The van der Waals surface area contributed by atoms with Crippen LogP contribution in [0.1, 0.15) is 0 Å². The van der Waals surface area contributed by atoms with E-state index in [-0.39, 0.29) is 142 Å². The molecule has 0 aromatic heterocycles. The summed E-state index contributed by atoms with van der Waals surface area (Å²) in [5.74, 6) is -4.56. The van der Waals surface area contributed by atoms with E-state index < -0.39 is 83.1 Å². The van der Waals surface area contributed by atoms with E-state index in [1.54, 1.807) is 0 Å². The molecule has 2 aromatic rings. The van der Waals surface area contributed by atoms with E-state index in [1.807, 2.05) is 0 Å². The Balaban J connectivity index is -0.000000256. The van der Waals surface area contributed by atoms with Crippen LogP contribution in [0.3, 0.4) is 0 Å². The molecule has 180 valence electrons. The van der Waals surface area contributed by atoms with Gasteiger partial charge in [0, 0.05) is 12.1 Å². The van der Waals surface area contributed by atoms with Crippen molar-refractivity contribution in [3.8, 4) is 23.0 Å². The standard InChI is InChI=1S/2C6H6O8S2.4Na/c2*7-3-1-4(8)6(16(12,13)14)2-5(3)15(9,10)11;;;;/h2*1-2,7-8H,(H,9,10,11)(H,12,13,14);;;;/q;;4*+1/p-4. The molecule has 0 atom stereocenters. The topological polar surface area (TPSA) is 310 Å². The third-order valence-corrected chi connectivity index (χ3v) is 6.62. The van der Waals surface area contributed by atoms with Crippen LogP contribution < -0.4 is 118 Å². The maximum atomic E-state index is 10.6. The summed E-state index contributed by atoms with van der Waals surface area (Å²) in [7, 11) is -20.6. The average Bonchev–Trinajstić information content (AvgIpc) is 2.50. The smallest absolute Gasteiger partial charge is 0.744 e. The predicted molar refractivity (Wildman–Crippen MR) is 91.4 cm³/mol. The summed E-state index contributed by atoms with van der Waals surface area (Å²) >= 11 is 0. The van der Waals surface area contributed by atoms with Gasteiger partial charge in [-0.05, 0) is 12.1 Å². The van der Waals surface area contributed by atoms with Gasteiger partial charge in [-0.15, -0.1) is 0 Å². The molecule has 0 spiro atoms. The molecule has 0 aliphatic heterocycles. The number of phenolic OH excluding ortho intramolecular Hbond substituents is 4. The van der Waals surface area contributed by atoms with Gasteiger partial charge in [-0.2, -0.15) is 0 Å². The maximum absolute atomic E-state index is 10.6. The van der Waals surface area contributed by atoms with E-state index in [9.17, 15) is 51.9 Å². The summed E-state index contributed by atoms with van der Waals surface area (Å²) in [6, 6.07) is 0.788. The summed E-state index contributed by atoms with van der Waals surface area (Å²) in [5, 5.41) is 35.9. The molecule has 0 unspecified atom stereocenters. The molecule has 0 amide bonds. The molecule has 0 fully saturated rings. The Morgan fingerprint density at radius 1 is 0.389 bits per heavy atom. The second-order valence-electron chi connectivity index (χ2n) is 5.39. The zero-order chi connectivity index (χ0) is 25.4. The maximum Gasteiger partial charge on any atom is 1.00 e. The molecule has 0 radical (unpaired) electrons. The quantitative estimate of drug-likeness (QED) is 0.180. The van der Waals surface area contributed by atoms with Crippen molar-refractivity contribution < 1.29 is 191 Å². The van der Waals surface area contributed by atoms with Gasteiger partial charge in [0.25, 0.3) is 0 Å². The normalized spacial score (nSPS) is 11.2. The number of rotatable bonds is 4. The van der Waals surface area contributed by atoms with Crippen molar-refractivity contribution in [3.05, 3.63) is 24.3 Å². The first-order valence-electron chi connectivity index (χ1n) is 7.02. The summed E-state index contributed by atoms with van der Waals surface area (Å²) < 4.78 is 127. The Morgan fingerprint density at radius 3 is 0.639 bits per heavy atom. The van der Waals surface area contributed by atoms with E-state index in [2.05, 4.69) is 0 Å². The van der Waals surface area contributed by atoms with Gasteiger partial charge < -0.3 is 38.6 Å². The Labute approximate surface area is 293 Å². The number of phenols is 4. The van der Waals surface area contributed by atoms with E-state index in [1.165, 1.54) is 0 Å². The van der Waals surface area contributed by atoms with Crippen LogP contribution in [-0.4, -0.2) is 72.3 Å². The van der Waals surface area contributed by atoms with Crippen LogP contribution in [0.15, 0.2) is 43.8 Å². The van der Waals surface area contributed by atoms with Crippen LogP contribution in [0, 0.1) is 0 Å².